The summed E-state index contributed by atoms with van der Waals surface area (Å²) in [6.07, 6.45) is 8.05. The van der Waals surface area contributed by atoms with E-state index < -0.39 is 12.2 Å². The molecule has 7 nitrogen and oxygen atoms in total. The van der Waals surface area contributed by atoms with Gasteiger partial charge in [-0.25, -0.2) is 4.79 Å². The van der Waals surface area contributed by atoms with Gasteiger partial charge in [0.05, 0.1) is 12.1 Å². The Morgan fingerprint density at radius 3 is 2.19 bits per heavy atom. The van der Waals surface area contributed by atoms with Crippen LogP contribution in [-0.4, -0.2) is 75.9 Å². The first-order valence-corrected chi connectivity index (χ1v) is 12.4. The molecule has 2 fully saturated rings. The highest BCUT2D eigenvalue weighted by molar-refractivity contribution is 5.85. The molecule has 0 aromatic heterocycles. The number of aliphatic carboxylic acids is 1. The number of likely N-dealkylation sites (tertiary alicyclic amines) is 1. The zero-order valence-corrected chi connectivity index (χ0v) is 20.9. The average Bonchev–Trinajstić information content (AvgIpc) is 3.28. The number of aliphatic hydroxyl groups excluding tert-OH is 1. The van der Waals surface area contributed by atoms with Gasteiger partial charge in [-0.3, -0.25) is 14.6 Å². The van der Waals surface area contributed by atoms with Crippen molar-refractivity contribution in [2.45, 2.75) is 110 Å². The molecular formula is C25H45N3O4. The second-order valence-corrected chi connectivity index (χ2v) is 10.4. The van der Waals surface area contributed by atoms with Gasteiger partial charge in [-0.1, -0.05) is 39.2 Å². The molecule has 1 aliphatic heterocycles. The lowest BCUT2D eigenvalue weighted by molar-refractivity contribution is -0.133. The maximum Gasteiger partial charge on any atom is 0.331 e. The quantitative estimate of drug-likeness (QED) is 0.349. The minimum Gasteiger partial charge on any atom is -0.478 e. The molecule has 1 amide bonds. The van der Waals surface area contributed by atoms with Crippen molar-refractivity contribution in [3.8, 4) is 0 Å². The molecule has 1 aliphatic carbocycles. The van der Waals surface area contributed by atoms with Crippen LogP contribution in [0.3, 0.4) is 0 Å². The van der Waals surface area contributed by atoms with Crippen molar-refractivity contribution in [3.05, 3.63) is 11.6 Å². The van der Waals surface area contributed by atoms with Crippen molar-refractivity contribution in [1.29, 1.82) is 0 Å². The van der Waals surface area contributed by atoms with Crippen molar-refractivity contribution < 1.29 is 19.8 Å². The Kier molecular flexibility index (Phi) is 10.2. The van der Waals surface area contributed by atoms with Gasteiger partial charge in [0.1, 0.15) is 6.23 Å². The third-order valence-corrected chi connectivity index (χ3v) is 7.38. The minimum atomic E-state index is -0.953. The average molecular weight is 452 g/mol. The Hall–Kier alpha value is -1.44. The smallest absolute Gasteiger partial charge is 0.331 e. The zero-order chi connectivity index (χ0) is 24.0. The fourth-order valence-corrected chi connectivity index (χ4v) is 5.40. The van der Waals surface area contributed by atoms with Gasteiger partial charge in [-0.15, -0.1) is 0 Å². The van der Waals surface area contributed by atoms with Gasteiger partial charge in [0.15, 0.2) is 0 Å². The number of carboxylic acid groups (broad SMARTS) is 1. The third-order valence-electron chi connectivity index (χ3n) is 7.38. The van der Waals surface area contributed by atoms with Gasteiger partial charge in [0, 0.05) is 17.7 Å². The summed E-state index contributed by atoms with van der Waals surface area (Å²) in [6, 6.07) is -0.465. The molecule has 2 rings (SSSR count). The predicted molar refractivity (Wildman–Crippen MR) is 127 cm³/mol. The predicted octanol–water partition coefficient (Wildman–Crippen LogP) is 3.23. The van der Waals surface area contributed by atoms with Crippen molar-refractivity contribution in [2.24, 2.45) is 11.8 Å². The lowest BCUT2D eigenvalue weighted by atomic mass is 9.92. The molecule has 2 aliphatic rings. The number of carboxylic acids is 1. The molecule has 3 N–H and O–H groups in total. The molecule has 0 aromatic rings. The number of likely N-dealkylation sites (N-methyl/N-ethyl adjacent to an activating group) is 1. The highest BCUT2D eigenvalue weighted by Gasteiger charge is 2.39. The van der Waals surface area contributed by atoms with Crippen LogP contribution < -0.4 is 5.32 Å². The highest BCUT2D eigenvalue weighted by Crippen LogP contribution is 2.31. The SMILES string of the molecule is C/C(=C\[C@H](C(C)C)N(C)C(O)C(NC(=O)C1CCCCN1C(C)C)C1CCCC1)C(=O)O. The topological polar surface area (TPSA) is 93.1 Å². The number of nitrogens with one attached hydrogen (secondary N) is 1. The highest BCUT2D eigenvalue weighted by atomic mass is 16.4. The Bertz CT molecular complexity index is 658. The van der Waals surface area contributed by atoms with Crippen LogP contribution in [0.1, 0.15) is 79.6 Å². The van der Waals surface area contributed by atoms with Crippen LogP contribution in [0.5, 0.6) is 0 Å². The normalized spacial score (nSPS) is 24.2. The van der Waals surface area contributed by atoms with Gasteiger partial charge in [0.25, 0.3) is 0 Å². The zero-order valence-electron chi connectivity index (χ0n) is 20.9. The molecule has 0 bridgehead atoms. The van der Waals surface area contributed by atoms with E-state index in [1.807, 2.05) is 25.8 Å². The van der Waals surface area contributed by atoms with E-state index in [1.54, 1.807) is 13.0 Å². The molecule has 32 heavy (non-hydrogen) atoms. The van der Waals surface area contributed by atoms with Crippen LogP contribution >= 0.6 is 0 Å². The number of aliphatic hydroxyl groups is 1. The fourth-order valence-electron chi connectivity index (χ4n) is 5.40. The van der Waals surface area contributed by atoms with Crippen LogP contribution in [0.15, 0.2) is 11.6 Å². The standard InChI is InChI=1S/C25H45N3O4/c1-16(2)21(15-18(5)25(31)32)27(6)24(30)22(19-11-7-8-12-19)26-23(29)20-13-9-10-14-28(20)17(3)4/h15-17,19-22,24,30H,7-14H2,1-6H3,(H,26,29)(H,31,32)/b18-15+/t20?,21-,22?,24?/m1/s1. The van der Waals surface area contributed by atoms with Crippen molar-refractivity contribution >= 4 is 11.9 Å². The minimum absolute atomic E-state index is 0.0149. The van der Waals surface area contributed by atoms with Crippen LogP contribution in [0.25, 0.3) is 0 Å². The molecule has 7 heteroatoms. The van der Waals surface area contributed by atoms with E-state index in [4.69, 9.17) is 0 Å². The second kappa shape index (κ2) is 12.1. The Labute approximate surface area is 194 Å². The van der Waals surface area contributed by atoms with Crippen molar-refractivity contribution in [2.75, 3.05) is 13.6 Å². The summed E-state index contributed by atoms with van der Waals surface area (Å²) >= 11 is 0. The summed E-state index contributed by atoms with van der Waals surface area (Å²) in [5, 5.41) is 24.0. The van der Waals surface area contributed by atoms with Crippen LogP contribution in [0, 0.1) is 11.8 Å². The summed E-state index contributed by atoms with van der Waals surface area (Å²) in [6.45, 7) is 10.8. The summed E-state index contributed by atoms with van der Waals surface area (Å²) in [7, 11) is 1.83. The van der Waals surface area contributed by atoms with E-state index in [0.29, 0.717) is 6.04 Å². The van der Waals surface area contributed by atoms with Crippen LogP contribution in [-0.2, 0) is 9.59 Å². The number of carbonyl (C=O) groups excluding carboxylic acids is 1. The van der Waals surface area contributed by atoms with Crippen LogP contribution in [0.2, 0.25) is 0 Å². The molecule has 0 radical (unpaired) electrons. The molecule has 0 spiro atoms. The Morgan fingerprint density at radius 1 is 1.06 bits per heavy atom. The molecule has 4 atom stereocenters. The van der Waals surface area contributed by atoms with Gasteiger partial charge in [0.2, 0.25) is 5.91 Å². The summed E-state index contributed by atoms with van der Waals surface area (Å²) in [4.78, 5) is 28.9. The number of rotatable bonds is 10. The van der Waals surface area contributed by atoms with Crippen LogP contribution in [0.4, 0.5) is 0 Å². The number of hydrogen-bond donors (Lipinski definition) is 3. The molecule has 184 valence electrons. The van der Waals surface area contributed by atoms with E-state index in [1.165, 1.54) is 0 Å². The van der Waals surface area contributed by atoms with Gasteiger partial charge >= 0.3 is 5.97 Å². The monoisotopic (exact) mass is 451 g/mol. The second-order valence-electron chi connectivity index (χ2n) is 10.4. The molecule has 1 heterocycles. The number of carbonyl (C=O) groups is 2. The Morgan fingerprint density at radius 2 is 1.66 bits per heavy atom. The summed E-state index contributed by atoms with van der Waals surface area (Å²) in [5.74, 6) is -0.602. The van der Waals surface area contributed by atoms with Crippen molar-refractivity contribution in [3.63, 3.8) is 0 Å². The lowest BCUT2D eigenvalue weighted by Gasteiger charge is -2.42. The maximum atomic E-state index is 13.4. The first kappa shape index (κ1) is 26.8. The van der Waals surface area contributed by atoms with E-state index in [2.05, 4.69) is 24.1 Å². The van der Waals surface area contributed by atoms with E-state index in [-0.39, 0.29) is 41.4 Å². The van der Waals surface area contributed by atoms with Gasteiger partial charge in [-0.2, -0.15) is 0 Å². The lowest BCUT2D eigenvalue weighted by Crippen LogP contribution is -2.60. The van der Waals surface area contributed by atoms with E-state index >= 15 is 0 Å². The number of amides is 1. The Balaban J connectivity index is 2.24. The molecule has 1 saturated heterocycles. The molecule has 3 unspecified atom stereocenters. The number of hydrogen-bond acceptors (Lipinski definition) is 5. The molecule has 1 saturated carbocycles. The number of nitrogens with zero attached hydrogens (tertiary/aromatic N) is 2. The maximum absolute atomic E-state index is 13.4. The first-order valence-electron chi connectivity index (χ1n) is 12.4. The third kappa shape index (κ3) is 6.78. The summed E-state index contributed by atoms with van der Waals surface area (Å²) in [5.41, 5.74) is 0.263. The van der Waals surface area contributed by atoms with E-state index in [9.17, 15) is 19.8 Å². The van der Waals surface area contributed by atoms with Crippen molar-refractivity contribution in [1.82, 2.24) is 15.1 Å². The number of piperidine rings is 1. The fraction of sp³-hybridized carbons (Fsp3) is 0.840. The molecular weight excluding hydrogens is 406 g/mol. The largest absolute Gasteiger partial charge is 0.478 e. The van der Waals surface area contributed by atoms with E-state index in [0.717, 1.165) is 51.5 Å². The van der Waals surface area contributed by atoms with Gasteiger partial charge < -0.3 is 15.5 Å². The first-order chi connectivity index (χ1) is 15.0. The molecule has 0 aromatic carbocycles. The van der Waals surface area contributed by atoms with Gasteiger partial charge in [-0.05, 0) is 71.9 Å². The summed E-state index contributed by atoms with van der Waals surface area (Å²) < 4.78 is 0.